The molecule has 2 amide bonds. The van der Waals surface area contributed by atoms with Crippen LogP contribution >= 0.6 is 0 Å². The normalized spacial score (nSPS) is 10.1. The zero-order valence-corrected chi connectivity index (χ0v) is 14.8. The molecule has 0 aliphatic carbocycles. The Bertz CT molecular complexity index is 744. The number of ether oxygens (including phenoxy) is 2. The van der Waals surface area contributed by atoms with Crippen molar-refractivity contribution >= 4 is 17.5 Å². The average molecular weight is 342 g/mol. The van der Waals surface area contributed by atoms with Crippen LogP contribution in [-0.4, -0.2) is 32.6 Å². The highest BCUT2D eigenvalue weighted by Crippen LogP contribution is 2.27. The summed E-state index contributed by atoms with van der Waals surface area (Å²) in [6.07, 6.45) is 0. The Morgan fingerprint density at radius 1 is 0.920 bits per heavy atom. The lowest BCUT2D eigenvalue weighted by atomic mass is 10.1. The number of nitrogens with one attached hydrogen (secondary N) is 2. The van der Waals surface area contributed by atoms with Crippen LogP contribution in [0.4, 0.5) is 5.69 Å². The van der Waals surface area contributed by atoms with Gasteiger partial charge >= 0.3 is 0 Å². The van der Waals surface area contributed by atoms with E-state index < -0.39 is 5.91 Å². The van der Waals surface area contributed by atoms with Crippen LogP contribution in [0.15, 0.2) is 36.4 Å². The fourth-order valence-electron chi connectivity index (χ4n) is 2.52. The van der Waals surface area contributed by atoms with Crippen LogP contribution in [0.2, 0.25) is 0 Å². The van der Waals surface area contributed by atoms with Crippen molar-refractivity contribution in [2.24, 2.45) is 0 Å². The highest BCUT2D eigenvalue weighted by molar-refractivity contribution is 6.03. The van der Waals surface area contributed by atoms with Crippen molar-refractivity contribution in [1.82, 2.24) is 5.32 Å². The van der Waals surface area contributed by atoms with Crippen molar-refractivity contribution < 1.29 is 19.1 Å². The van der Waals surface area contributed by atoms with Gasteiger partial charge in [-0.2, -0.15) is 0 Å². The molecule has 0 saturated carbocycles. The molecular weight excluding hydrogens is 320 g/mol. The first-order chi connectivity index (χ1) is 12.0. The molecule has 0 fully saturated rings. The van der Waals surface area contributed by atoms with E-state index in [-0.39, 0.29) is 18.0 Å². The second-order valence-corrected chi connectivity index (χ2v) is 5.54. The second-order valence-electron chi connectivity index (χ2n) is 5.54. The van der Waals surface area contributed by atoms with E-state index in [2.05, 4.69) is 10.6 Å². The van der Waals surface area contributed by atoms with Crippen LogP contribution in [0.5, 0.6) is 11.5 Å². The van der Waals surface area contributed by atoms with Gasteiger partial charge in [0, 0.05) is 5.69 Å². The minimum atomic E-state index is -0.439. The maximum absolute atomic E-state index is 12.4. The Hall–Kier alpha value is -3.02. The number of carbonyl (C=O) groups is 2. The Morgan fingerprint density at radius 3 is 1.96 bits per heavy atom. The summed E-state index contributed by atoms with van der Waals surface area (Å²) in [7, 11) is 2.94. The first kappa shape index (κ1) is 18.3. The summed E-state index contributed by atoms with van der Waals surface area (Å²) >= 11 is 0. The van der Waals surface area contributed by atoms with E-state index >= 15 is 0 Å². The Labute approximate surface area is 147 Å². The fourth-order valence-corrected chi connectivity index (χ4v) is 2.52. The number of hydrogen-bond acceptors (Lipinski definition) is 4. The molecule has 0 spiro atoms. The molecule has 2 aromatic carbocycles. The summed E-state index contributed by atoms with van der Waals surface area (Å²) < 4.78 is 10.4. The maximum atomic E-state index is 12.4. The van der Waals surface area contributed by atoms with Crippen molar-refractivity contribution in [2.75, 3.05) is 26.1 Å². The highest BCUT2D eigenvalue weighted by Gasteiger charge is 2.19. The standard InChI is InChI=1S/C19H22N2O4/c1-12-7-5-8-13(2)18(12)21-16(22)11-20-19(23)17-14(24-3)9-6-10-15(17)25-4/h5-10H,11H2,1-4H3,(H,20,23)(H,21,22). The molecular formula is C19H22N2O4. The third-order valence-electron chi connectivity index (χ3n) is 3.81. The van der Waals surface area contributed by atoms with Gasteiger partial charge in [-0.25, -0.2) is 0 Å². The van der Waals surface area contributed by atoms with Crippen LogP contribution in [0.1, 0.15) is 21.5 Å². The smallest absolute Gasteiger partial charge is 0.259 e. The zero-order valence-electron chi connectivity index (χ0n) is 14.8. The first-order valence-corrected chi connectivity index (χ1v) is 7.83. The number of hydrogen-bond donors (Lipinski definition) is 2. The van der Waals surface area contributed by atoms with Gasteiger partial charge in [-0.1, -0.05) is 24.3 Å². The van der Waals surface area contributed by atoms with Gasteiger partial charge in [-0.15, -0.1) is 0 Å². The van der Waals surface area contributed by atoms with E-state index in [1.807, 2.05) is 32.0 Å². The van der Waals surface area contributed by atoms with E-state index in [0.29, 0.717) is 11.5 Å². The summed E-state index contributed by atoms with van der Waals surface area (Å²) in [6.45, 7) is 3.68. The molecule has 0 heterocycles. The number of benzene rings is 2. The average Bonchev–Trinajstić information content (AvgIpc) is 2.62. The van der Waals surface area contributed by atoms with E-state index in [9.17, 15) is 9.59 Å². The molecule has 0 aliphatic rings. The lowest BCUT2D eigenvalue weighted by Crippen LogP contribution is -2.33. The van der Waals surface area contributed by atoms with Crippen LogP contribution in [0.3, 0.4) is 0 Å². The van der Waals surface area contributed by atoms with Gasteiger partial charge in [-0.05, 0) is 37.1 Å². The monoisotopic (exact) mass is 342 g/mol. The van der Waals surface area contributed by atoms with E-state index in [1.54, 1.807) is 18.2 Å². The number of para-hydroxylation sites is 1. The lowest BCUT2D eigenvalue weighted by Gasteiger charge is -2.14. The second kappa shape index (κ2) is 8.19. The quantitative estimate of drug-likeness (QED) is 0.846. The van der Waals surface area contributed by atoms with Crippen molar-refractivity contribution in [3.8, 4) is 11.5 Å². The van der Waals surface area contributed by atoms with Crippen molar-refractivity contribution in [2.45, 2.75) is 13.8 Å². The predicted molar refractivity (Wildman–Crippen MR) is 96.4 cm³/mol. The largest absolute Gasteiger partial charge is 0.496 e. The molecule has 25 heavy (non-hydrogen) atoms. The molecule has 0 aliphatic heterocycles. The fraction of sp³-hybridized carbons (Fsp3) is 0.263. The van der Waals surface area contributed by atoms with Crippen LogP contribution < -0.4 is 20.1 Å². The highest BCUT2D eigenvalue weighted by atomic mass is 16.5. The molecule has 0 radical (unpaired) electrons. The number of aryl methyl sites for hydroxylation is 2. The van der Waals surface area contributed by atoms with Crippen molar-refractivity contribution in [1.29, 1.82) is 0 Å². The predicted octanol–water partition coefficient (Wildman–Crippen LogP) is 2.69. The molecule has 2 aromatic rings. The Kier molecular flexibility index (Phi) is 6.00. The van der Waals surface area contributed by atoms with Crippen molar-refractivity contribution in [3.05, 3.63) is 53.1 Å². The molecule has 2 N–H and O–H groups in total. The third kappa shape index (κ3) is 4.29. The van der Waals surface area contributed by atoms with Gasteiger partial charge in [-0.3, -0.25) is 9.59 Å². The molecule has 0 saturated heterocycles. The lowest BCUT2D eigenvalue weighted by molar-refractivity contribution is -0.115. The van der Waals surface area contributed by atoms with Gasteiger partial charge in [0.1, 0.15) is 17.1 Å². The summed E-state index contributed by atoms with van der Waals surface area (Å²) in [6, 6.07) is 10.8. The summed E-state index contributed by atoms with van der Waals surface area (Å²) in [5, 5.41) is 5.42. The third-order valence-corrected chi connectivity index (χ3v) is 3.81. The van der Waals surface area contributed by atoms with Gasteiger partial charge < -0.3 is 20.1 Å². The molecule has 0 bridgehead atoms. The Balaban J connectivity index is 2.07. The Morgan fingerprint density at radius 2 is 1.44 bits per heavy atom. The molecule has 0 atom stereocenters. The SMILES string of the molecule is COc1cccc(OC)c1C(=O)NCC(=O)Nc1c(C)cccc1C. The summed E-state index contributed by atoms with van der Waals surface area (Å²) in [4.78, 5) is 24.6. The molecule has 0 unspecified atom stereocenters. The van der Waals surface area contributed by atoms with E-state index in [1.165, 1.54) is 14.2 Å². The zero-order chi connectivity index (χ0) is 18.4. The van der Waals surface area contributed by atoms with Crippen LogP contribution in [0.25, 0.3) is 0 Å². The number of rotatable bonds is 6. The minimum absolute atomic E-state index is 0.159. The van der Waals surface area contributed by atoms with E-state index in [4.69, 9.17) is 9.47 Å². The topological polar surface area (TPSA) is 76.7 Å². The van der Waals surface area contributed by atoms with Crippen LogP contribution in [-0.2, 0) is 4.79 Å². The first-order valence-electron chi connectivity index (χ1n) is 7.83. The number of anilines is 1. The van der Waals surface area contributed by atoms with Gasteiger partial charge in [0.25, 0.3) is 5.91 Å². The number of carbonyl (C=O) groups excluding carboxylic acids is 2. The van der Waals surface area contributed by atoms with Gasteiger partial charge in [0.2, 0.25) is 5.91 Å². The van der Waals surface area contributed by atoms with E-state index in [0.717, 1.165) is 16.8 Å². The van der Waals surface area contributed by atoms with Crippen LogP contribution in [0, 0.1) is 13.8 Å². The molecule has 2 rings (SSSR count). The van der Waals surface area contributed by atoms with Gasteiger partial charge in [0.05, 0.1) is 20.8 Å². The molecule has 132 valence electrons. The van der Waals surface area contributed by atoms with Crippen molar-refractivity contribution in [3.63, 3.8) is 0 Å². The summed E-state index contributed by atoms with van der Waals surface area (Å²) in [5.41, 5.74) is 2.95. The molecule has 0 aromatic heterocycles. The number of methoxy groups -OCH3 is 2. The number of amides is 2. The summed E-state index contributed by atoms with van der Waals surface area (Å²) in [5.74, 6) is 0.0181. The molecule has 6 heteroatoms. The molecule has 6 nitrogen and oxygen atoms in total. The minimum Gasteiger partial charge on any atom is -0.496 e. The van der Waals surface area contributed by atoms with Gasteiger partial charge in [0.15, 0.2) is 0 Å². The maximum Gasteiger partial charge on any atom is 0.259 e.